The first-order valence-electron chi connectivity index (χ1n) is 11.7. The van der Waals surface area contributed by atoms with Gasteiger partial charge in [0, 0.05) is 22.8 Å². The molecule has 0 spiro atoms. The third-order valence-electron chi connectivity index (χ3n) is 7.49. The lowest BCUT2D eigenvalue weighted by Gasteiger charge is -2.56. The molecule has 1 atom stereocenters. The zero-order valence-corrected chi connectivity index (χ0v) is 18.1. The predicted molar refractivity (Wildman–Crippen MR) is 118 cm³/mol. The van der Waals surface area contributed by atoms with Crippen molar-refractivity contribution >= 4 is 23.5 Å². The van der Waals surface area contributed by atoms with Crippen LogP contribution in [-0.2, 0) is 4.79 Å². The standard InChI is InChI=1S/C24H32N4O3/c1-14(25-19-4-2-18(3-5-19)22(30)26-20-6-7-20)21(29)27-23(31)28-24-11-15-8-16(12-24)10-17(9-15)13-24/h2-5,14-17,20,25H,6-13H2,1H3,(H,26,30)(H2,27,28,29,31). The predicted octanol–water partition coefficient (Wildman–Crippen LogP) is 3.17. The molecule has 7 nitrogen and oxygen atoms in total. The number of hydrogen-bond donors (Lipinski definition) is 4. The van der Waals surface area contributed by atoms with Crippen LogP contribution in [0.2, 0.25) is 0 Å². The number of anilines is 1. The van der Waals surface area contributed by atoms with Crippen molar-refractivity contribution in [2.45, 2.75) is 75.9 Å². The average molecular weight is 425 g/mol. The molecule has 0 radical (unpaired) electrons. The number of rotatable bonds is 6. The minimum absolute atomic E-state index is 0.0683. The summed E-state index contributed by atoms with van der Waals surface area (Å²) >= 11 is 0. The van der Waals surface area contributed by atoms with Crippen molar-refractivity contribution in [2.24, 2.45) is 17.8 Å². The maximum atomic E-state index is 12.6. The Labute approximate surface area is 183 Å². The van der Waals surface area contributed by atoms with Gasteiger partial charge in [0.1, 0.15) is 6.04 Å². The topological polar surface area (TPSA) is 99.3 Å². The number of nitrogens with one attached hydrogen (secondary N) is 4. The summed E-state index contributed by atoms with van der Waals surface area (Å²) in [6.07, 6.45) is 9.18. The van der Waals surface area contributed by atoms with Crippen LogP contribution in [0.15, 0.2) is 24.3 Å². The van der Waals surface area contributed by atoms with E-state index in [2.05, 4.69) is 21.3 Å². The highest BCUT2D eigenvalue weighted by atomic mass is 16.2. The van der Waals surface area contributed by atoms with Crippen molar-refractivity contribution in [3.63, 3.8) is 0 Å². The highest BCUT2D eigenvalue weighted by molar-refractivity contribution is 5.98. The van der Waals surface area contributed by atoms with E-state index < -0.39 is 6.04 Å². The monoisotopic (exact) mass is 424 g/mol. The number of amides is 4. The summed E-state index contributed by atoms with van der Waals surface area (Å²) in [5.74, 6) is 1.77. The zero-order valence-electron chi connectivity index (χ0n) is 18.1. The van der Waals surface area contributed by atoms with Gasteiger partial charge in [-0.25, -0.2) is 4.79 Å². The summed E-state index contributed by atoms with van der Waals surface area (Å²) in [6, 6.07) is 6.40. The Balaban J connectivity index is 1.12. The fraction of sp³-hybridized carbons (Fsp3) is 0.625. The van der Waals surface area contributed by atoms with E-state index in [1.807, 2.05) is 0 Å². The molecule has 5 aliphatic carbocycles. The summed E-state index contributed by atoms with van der Waals surface area (Å²) in [4.78, 5) is 37.2. The molecular formula is C24H32N4O3. The van der Waals surface area contributed by atoms with E-state index in [1.165, 1.54) is 19.3 Å². The van der Waals surface area contributed by atoms with Gasteiger partial charge < -0.3 is 16.0 Å². The van der Waals surface area contributed by atoms with Crippen LogP contribution >= 0.6 is 0 Å². The summed E-state index contributed by atoms with van der Waals surface area (Å²) < 4.78 is 0. The Morgan fingerprint density at radius 3 is 2.06 bits per heavy atom. The maximum Gasteiger partial charge on any atom is 0.321 e. The van der Waals surface area contributed by atoms with Crippen LogP contribution in [0.25, 0.3) is 0 Å². The molecule has 0 saturated heterocycles. The van der Waals surface area contributed by atoms with Gasteiger partial charge in [0.25, 0.3) is 5.91 Å². The minimum Gasteiger partial charge on any atom is -0.374 e. The lowest BCUT2D eigenvalue weighted by Crippen LogP contribution is -2.62. The highest BCUT2D eigenvalue weighted by Crippen LogP contribution is 2.55. The van der Waals surface area contributed by atoms with Crippen LogP contribution < -0.4 is 21.3 Å². The molecule has 31 heavy (non-hydrogen) atoms. The van der Waals surface area contributed by atoms with E-state index >= 15 is 0 Å². The van der Waals surface area contributed by atoms with Crippen molar-refractivity contribution in [3.8, 4) is 0 Å². The number of imide groups is 1. The molecule has 166 valence electrons. The van der Waals surface area contributed by atoms with E-state index in [0.717, 1.165) is 55.5 Å². The van der Waals surface area contributed by atoms with E-state index in [1.54, 1.807) is 31.2 Å². The van der Waals surface area contributed by atoms with Crippen molar-refractivity contribution in [2.75, 3.05) is 5.32 Å². The summed E-state index contributed by atoms with van der Waals surface area (Å²) in [6.45, 7) is 1.72. The Kier molecular flexibility index (Phi) is 5.15. The quantitative estimate of drug-likeness (QED) is 0.564. The van der Waals surface area contributed by atoms with Gasteiger partial charge in [-0.15, -0.1) is 0 Å². The first kappa shape index (κ1) is 20.3. The van der Waals surface area contributed by atoms with Crippen LogP contribution in [0.5, 0.6) is 0 Å². The number of carbonyl (C=O) groups is 3. The third-order valence-corrected chi connectivity index (χ3v) is 7.49. The molecule has 0 heterocycles. The fourth-order valence-electron chi connectivity index (χ4n) is 6.29. The van der Waals surface area contributed by atoms with Gasteiger partial charge in [0.15, 0.2) is 0 Å². The van der Waals surface area contributed by atoms with Crippen LogP contribution in [0.3, 0.4) is 0 Å². The molecule has 1 aromatic carbocycles. The van der Waals surface area contributed by atoms with Crippen LogP contribution in [0.4, 0.5) is 10.5 Å². The van der Waals surface area contributed by atoms with Gasteiger partial charge >= 0.3 is 6.03 Å². The third kappa shape index (κ3) is 4.55. The number of hydrogen-bond acceptors (Lipinski definition) is 4. The second-order valence-electron chi connectivity index (χ2n) is 10.3. The molecule has 4 amide bonds. The first-order chi connectivity index (χ1) is 14.9. The minimum atomic E-state index is -0.576. The molecule has 6 rings (SSSR count). The van der Waals surface area contributed by atoms with Crippen LogP contribution in [0, 0.1) is 17.8 Å². The molecule has 0 aliphatic heterocycles. The second kappa shape index (κ2) is 7.84. The summed E-state index contributed by atoms with van der Waals surface area (Å²) in [5.41, 5.74) is 1.21. The van der Waals surface area contributed by atoms with Gasteiger partial charge in [0.05, 0.1) is 0 Å². The van der Waals surface area contributed by atoms with Gasteiger partial charge in [0.2, 0.25) is 5.91 Å². The Morgan fingerprint density at radius 2 is 1.52 bits per heavy atom. The van der Waals surface area contributed by atoms with Crippen molar-refractivity contribution in [1.82, 2.24) is 16.0 Å². The number of urea groups is 1. The lowest BCUT2D eigenvalue weighted by atomic mass is 9.53. The van der Waals surface area contributed by atoms with E-state index in [9.17, 15) is 14.4 Å². The van der Waals surface area contributed by atoms with Crippen molar-refractivity contribution in [1.29, 1.82) is 0 Å². The molecule has 1 aromatic rings. The van der Waals surface area contributed by atoms with Gasteiger partial charge in [-0.1, -0.05) is 0 Å². The number of benzene rings is 1. The van der Waals surface area contributed by atoms with E-state index in [0.29, 0.717) is 11.6 Å². The van der Waals surface area contributed by atoms with Gasteiger partial charge in [-0.2, -0.15) is 0 Å². The normalized spacial score (nSPS) is 31.6. The summed E-state index contributed by atoms with van der Waals surface area (Å²) in [7, 11) is 0. The lowest BCUT2D eigenvalue weighted by molar-refractivity contribution is -0.120. The summed E-state index contributed by atoms with van der Waals surface area (Å²) in [5, 5.41) is 11.7. The SMILES string of the molecule is CC(Nc1ccc(C(=O)NC2CC2)cc1)C(=O)NC(=O)NC12CC3CC(CC(C3)C1)C2. The molecule has 7 heteroatoms. The molecule has 4 N–H and O–H groups in total. The maximum absolute atomic E-state index is 12.6. The highest BCUT2D eigenvalue weighted by Gasteiger charge is 2.51. The number of carbonyl (C=O) groups excluding carboxylic acids is 3. The van der Waals surface area contributed by atoms with Crippen molar-refractivity contribution in [3.05, 3.63) is 29.8 Å². The largest absolute Gasteiger partial charge is 0.374 e. The molecule has 5 saturated carbocycles. The van der Waals surface area contributed by atoms with E-state index in [-0.39, 0.29) is 23.4 Å². The first-order valence-corrected chi connectivity index (χ1v) is 11.7. The fourth-order valence-corrected chi connectivity index (χ4v) is 6.29. The second-order valence-corrected chi connectivity index (χ2v) is 10.3. The zero-order chi connectivity index (χ0) is 21.6. The van der Waals surface area contributed by atoms with Gasteiger partial charge in [-0.3, -0.25) is 14.9 Å². The molecule has 0 aromatic heterocycles. The Hall–Kier alpha value is -2.57. The van der Waals surface area contributed by atoms with E-state index in [4.69, 9.17) is 0 Å². The average Bonchev–Trinajstić information content (AvgIpc) is 3.50. The Morgan fingerprint density at radius 1 is 0.935 bits per heavy atom. The van der Waals surface area contributed by atoms with Crippen LogP contribution in [0.1, 0.15) is 68.6 Å². The van der Waals surface area contributed by atoms with Crippen molar-refractivity contribution < 1.29 is 14.4 Å². The van der Waals surface area contributed by atoms with Crippen LogP contribution in [-0.4, -0.2) is 35.5 Å². The molecular weight excluding hydrogens is 392 g/mol. The molecule has 5 fully saturated rings. The smallest absolute Gasteiger partial charge is 0.321 e. The molecule has 4 bridgehead atoms. The molecule has 5 aliphatic rings. The Bertz CT molecular complexity index is 842. The van der Waals surface area contributed by atoms with Gasteiger partial charge in [-0.05, 0) is 100 Å². The molecule has 1 unspecified atom stereocenters.